The lowest BCUT2D eigenvalue weighted by molar-refractivity contribution is 0.150. The van der Waals surface area contributed by atoms with Gasteiger partial charge in [-0.3, -0.25) is 0 Å². The predicted molar refractivity (Wildman–Crippen MR) is 145 cm³/mol. The summed E-state index contributed by atoms with van der Waals surface area (Å²) in [7, 11) is 0. The first-order valence-corrected chi connectivity index (χ1v) is 13.8. The van der Waals surface area contributed by atoms with E-state index >= 15 is 0 Å². The van der Waals surface area contributed by atoms with E-state index in [4.69, 9.17) is 4.98 Å². The molecule has 0 radical (unpaired) electrons. The summed E-state index contributed by atoms with van der Waals surface area (Å²) >= 11 is 0. The molecule has 4 aromatic rings. The number of benzene rings is 2. The van der Waals surface area contributed by atoms with E-state index in [0.29, 0.717) is 6.04 Å². The number of imidazole rings is 2. The Kier molecular flexibility index (Phi) is 7.82. The number of H-pyrrole nitrogens is 1. The fourth-order valence-electron chi connectivity index (χ4n) is 5.88. The van der Waals surface area contributed by atoms with Gasteiger partial charge in [-0.1, -0.05) is 63.9 Å². The minimum absolute atomic E-state index is 0.0121. The molecule has 2 heterocycles. The molecule has 0 atom stereocenters. The summed E-state index contributed by atoms with van der Waals surface area (Å²) in [5.74, 6) is 0. The Balaban J connectivity index is 0.000000214. The van der Waals surface area contributed by atoms with Crippen LogP contribution in [0.25, 0.3) is 33.2 Å². The molecule has 2 aromatic heterocycles. The van der Waals surface area contributed by atoms with Gasteiger partial charge in [-0.15, -0.1) is 0 Å². The summed E-state index contributed by atoms with van der Waals surface area (Å²) in [6.45, 7) is 2.13. The second-order valence-corrected chi connectivity index (χ2v) is 10.6. The number of aliphatic hydroxyl groups is 1. The number of hydrogen-bond donors (Lipinski definition) is 2. The van der Waals surface area contributed by atoms with Crippen molar-refractivity contribution in [1.82, 2.24) is 19.5 Å². The lowest BCUT2D eigenvalue weighted by Gasteiger charge is -2.23. The van der Waals surface area contributed by atoms with Crippen LogP contribution < -0.4 is 0 Å². The molecule has 0 amide bonds. The van der Waals surface area contributed by atoms with Gasteiger partial charge in [0.2, 0.25) is 0 Å². The zero-order chi connectivity index (χ0) is 24.0. The second kappa shape index (κ2) is 11.4. The average molecular weight is 473 g/mol. The molecule has 2 aromatic carbocycles. The van der Waals surface area contributed by atoms with Crippen LogP contribution in [-0.2, 0) is 0 Å². The van der Waals surface area contributed by atoms with Gasteiger partial charge in [-0.25, -0.2) is 9.97 Å². The first-order chi connectivity index (χ1) is 17.2. The van der Waals surface area contributed by atoms with Crippen molar-refractivity contribution in [2.45, 2.75) is 103 Å². The highest BCUT2D eigenvalue weighted by Crippen LogP contribution is 2.34. The molecule has 35 heavy (non-hydrogen) atoms. The summed E-state index contributed by atoms with van der Waals surface area (Å²) in [4.78, 5) is 12.4. The third-order valence-electron chi connectivity index (χ3n) is 7.85. The molecule has 0 aliphatic heterocycles. The van der Waals surface area contributed by atoms with E-state index in [1.165, 1.54) is 92.8 Å². The van der Waals surface area contributed by atoms with Gasteiger partial charge < -0.3 is 14.7 Å². The van der Waals surface area contributed by atoms with Gasteiger partial charge >= 0.3 is 0 Å². The van der Waals surface area contributed by atoms with Crippen LogP contribution >= 0.6 is 0 Å². The topological polar surface area (TPSA) is 66.7 Å². The first kappa shape index (κ1) is 24.1. The fourth-order valence-corrected chi connectivity index (χ4v) is 5.88. The summed E-state index contributed by atoms with van der Waals surface area (Å²) in [6.07, 6.45) is 20.4. The van der Waals surface area contributed by atoms with Crippen LogP contribution in [0, 0.1) is 6.92 Å². The largest absolute Gasteiger partial charge is 0.393 e. The highest BCUT2D eigenvalue weighted by atomic mass is 16.3. The van der Waals surface area contributed by atoms with Gasteiger partial charge in [-0.05, 0) is 68.0 Å². The molecular weight excluding hydrogens is 432 g/mol. The predicted octanol–water partition coefficient (Wildman–Crippen LogP) is 7.87. The van der Waals surface area contributed by atoms with Crippen molar-refractivity contribution in [3.05, 3.63) is 48.5 Å². The van der Waals surface area contributed by atoms with Crippen LogP contribution in [0.5, 0.6) is 0 Å². The number of aryl methyl sites for hydroxylation is 1. The highest BCUT2D eigenvalue weighted by Gasteiger charge is 2.18. The maximum atomic E-state index is 9.34. The molecule has 0 spiro atoms. The minimum Gasteiger partial charge on any atom is -0.393 e. The van der Waals surface area contributed by atoms with E-state index < -0.39 is 0 Å². The Labute approximate surface area is 209 Å². The van der Waals surface area contributed by atoms with Gasteiger partial charge in [-0.2, -0.15) is 0 Å². The van der Waals surface area contributed by atoms with E-state index in [0.717, 1.165) is 29.4 Å². The number of aromatic amines is 1. The number of aliphatic hydroxyl groups excluding tert-OH is 1. The van der Waals surface area contributed by atoms with E-state index in [9.17, 15) is 5.11 Å². The first-order valence-electron chi connectivity index (χ1n) is 13.8. The van der Waals surface area contributed by atoms with Crippen LogP contribution in [0.15, 0.2) is 43.0 Å². The van der Waals surface area contributed by atoms with Crippen molar-refractivity contribution < 1.29 is 5.11 Å². The lowest BCUT2D eigenvalue weighted by Crippen LogP contribution is -2.11. The Bertz CT molecular complexity index is 1220. The van der Waals surface area contributed by atoms with Crippen molar-refractivity contribution in [3.63, 3.8) is 0 Å². The zero-order valence-electron chi connectivity index (χ0n) is 21.2. The summed E-state index contributed by atoms with van der Waals surface area (Å²) in [5.41, 5.74) is 8.03. The molecule has 186 valence electrons. The third kappa shape index (κ3) is 5.78. The standard InChI is InChI=1S/C21H22N4.C9H18O/c1-14-9-17(21-19(10-14)22-12-23-21)15-7-8-20-18(11-15)24-13-25(20)16-5-3-2-4-6-16;10-9-7-5-3-1-2-4-6-8-9/h7-13,16H,2-6H2,1H3,(H,22,23);9-10H,1-8H2. The molecule has 2 saturated carbocycles. The molecule has 5 nitrogen and oxygen atoms in total. The molecular formula is C30H40N4O. The van der Waals surface area contributed by atoms with Gasteiger partial charge in [0, 0.05) is 11.6 Å². The Morgan fingerprint density at radius 3 is 2.29 bits per heavy atom. The van der Waals surface area contributed by atoms with Crippen LogP contribution in [-0.4, -0.2) is 30.7 Å². The number of aromatic nitrogens is 4. The van der Waals surface area contributed by atoms with Crippen LogP contribution in [0.4, 0.5) is 0 Å². The quantitative estimate of drug-likeness (QED) is 0.312. The molecule has 2 aliphatic carbocycles. The number of fused-ring (bicyclic) bond motifs is 2. The molecule has 0 unspecified atom stereocenters. The maximum Gasteiger partial charge on any atom is 0.0961 e. The second-order valence-electron chi connectivity index (χ2n) is 10.6. The molecule has 6 rings (SSSR count). The Hall–Kier alpha value is -2.66. The van der Waals surface area contributed by atoms with E-state index in [2.05, 4.69) is 51.8 Å². The maximum absolute atomic E-state index is 9.34. The van der Waals surface area contributed by atoms with E-state index in [1.54, 1.807) is 6.33 Å². The van der Waals surface area contributed by atoms with E-state index in [1.807, 2.05) is 6.33 Å². The van der Waals surface area contributed by atoms with Crippen LogP contribution in [0.2, 0.25) is 0 Å². The third-order valence-corrected chi connectivity index (χ3v) is 7.85. The molecule has 0 bridgehead atoms. The highest BCUT2D eigenvalue weighted by molar-refractivity contribution is 5.94. The van der Waals surface area contributed by atoms with Crippen molar-refractivity contribution in [2.24, 2.45) is 0 Å². The average Bonchev–Trinajstić information content (AvgIpc) is 3.54. The number of nitrogens with zero attached hydrogens (tertiary/aromatic N) is 3. The number of rotatable bonds is 2. The molecule has 2 fully saturated rings. The zero-order valence-corrected chi connectivity index (χ0v) is 21.2. The SMILES string of the molecule is Cc1cc(-c2ccc3c(c2)ncn3C2CCCCC2)c2nc[nH]c2c1.OC1CCCCCCCC1. The molecule has 0 saturated heterocycles. The van der Waals surface area contributed by atoms with Crippen LogP contribution in [0.3, 0.4) is 0 Å². The monoisotopic (exact) mass is 472 g/mol. The van der Waals surface area contributed by atoms with Crippen molar-refractivity contribution >= 4 is 22.1 Å². The summed E-state index contributed by atoms with van der Waals surface area (Å²) in [5, 5.41) is 9.34. The van der Waals surface area contributed by atoms with Gasteiger partial charge in [0.1, 0.15) is 0 Å². The summed E-state index contributed by atoms with van der Waals surface area (Å²) < 4.78 is 2.39. The smallest absolute Gasteiger partial charge is 0.0961 e. The summed E-state index contributed by atoms with van der Waals surface area (Å²) in [6, 6.07) is 11.6. The van der Waals surface area contributed by atoms with Crippen LogP contribution in [0.1, 0.15) is 95.1 Å². The van der Waals surface area contributed by atoms with Gasteiger partial charge in [0.05, 0.1) is 40.8 Å². The van der Waals surface area contributed by atoms with Crippen molar-refractivity contribution in [2.75, 3.05) is 0 Å². The van der Waals surface area contributed by atoms with Gasteiger partial charge in [0.25, 0.3) is 0 Å². The number of nitrogens with one attached hydrogen (secondary N) is 1. The van der Waals surface area contributed by atoms with Crippen molar-refractivity contribution in [1.29, 1.82) is 0 Å². The molecule has 2 aliphatic rings. The number of hydrogen-bond acceptors (Lipinski definition) is 3. The lowest BCUT2D eigenvalue weighted by atomic mass is 9.95. The van der Waals surface area contributed by atoms with E-state index in [-0.39, 0.29) is 6.10 Å². The normalized spacial score (nSPS) is 18.6. The molecule has 2 N–H and O–H groups in total. The Morgan fingerprint density at radius 2 is 1.51 bits per heavy atom. The fraction of sp³-hybridized carbons (Fsp3) is 0.533. The van der Waals surface area contributed by atoms with Crippen molar-refractivity contribution in [3.8, 4) is 11.1 Å². The minimum atomic E-state index is 0.0121. The Morgan fingerprint density at radius 1 is 0.829 bits per heavy atom. The van der Waals surface area contributed by atoms with Gasteiger partial charge in [0.15, 0.2) is 0 Å². The molecule has 5 heteroatoms.